The van der Waals surface area contributed by atoms with E-state index in [4.69, 9.17) is 8.95 Å². The summed E-state index contributed by atoms with van der Waals surface area (Å²) in [5.41, 5.74) is 4.08. The van der Waals surface area contributed by atoms with Gasteiger partial charge in [0.15, 0.2) is 5.78 Å². The molecule has 0 N–H and O–H groups in total. The zero-order valence-corrected chi connectivity index (χ0v) is 21.9. The molecule has 1 saturated heterocycles. The molecule has 0 aromatic heterocycles. The number of carbonyl (C=O) groups excluding carboxylic acids is 4. The fraction of sp³-hybridized carbons (Fsp3) is 0.524. The van der Waals surface area contributed by atoms with Gasteiger partial charge in [0.1, 0.15) is 0 Å². The second-order valence-electron chi connectivity index (χ2n) is 8.41. The molecule has 165 valence electrons. The van der Waals surface area contributed by atoms with E-state index in [9.17, 15) is 19.2 Å². The lowest BCUT2D eigenvalue weighted by Crippen LogP contribution is -2.36. The maximum atomic E-state index is 13.3. The van der Waals surface area contributed by atoms with Crippen LogP contribution in [0.1, 0.15) is 79.1 Å². The number of alkyl halides is 1. The number of hydrogen-bond acceptors (Lipinski definition) is 6. The summed E-state index contributed by atoms with van der Waals surface area (Å²) in [5.74, 6) is -2.07. The number of hydroxylamine groups is 2. The molecule has 0 bridgehead atoms. The van der Waals surface area contributed by atoms with Gasteiger partial charge in [-0.25, -0.2) is 4.79 Å². The molecule has 0 aliphatic carbocycles. The topological polar surface area (TPSA) is 90.0 Å². The van der Waals surface area contributed by atoms with Crippen molar-refractivity contribution in [2.45, 2.75) is 71.0 Å². The van der Waals surface area contributed by atoms with E-state index in [1.165, 1.54) is 0 Å². The predicted octanol–water partition coefficient (Wildman–Crippen LogP) is 2.41. The van der Waals surface area contributed by atoms with Crippen LogP contribution in [0.2, 0.25) is 0 Å². The Hall–Kier alpha value is -1.63. The molecule has 0 unspecified atom stereocenters. The monoisotopic (exact) mass is 522 g/mol. The van der Waals surface area contributed by atoms with Crippen LogP contribution in [0, 0.1) is 13.8 Å². The molecule has 2 amide bonds. The van der Waals surface area contributed by atoms with Gasteiger partial charge in [-0.2, -0.15) is 0 Å². The standard InChI is InChI=1S/C21H25BrNO6Si2/c1-11-13(10-22)12(2)20(31-29-30)19(21(3,4)5)18(11)14(24)6-9-17(27)28-23-15(25)7-8-16(23)26/h6-10H2,1-5H3. The molecule has 1 aliphatic rings. The van der Waals surface area contributed by atoms with Crippen molar-refractivity contribution in [3.05, 3.63) is 27.8 Å². The van der Waals surface area contributed by atoms with Crippen LogP contribution < -0.4 is 5.19 Å². The van der Waals surface area contributed by atoms with Crippen molar-refractivity contribution in [1.29, 1.82) is 0 Å². The third-order valence-corrected chi connectivity index (χ3v) is 7.02. The predicted molar refractivity (Wildman–Crippen MR) is 120 cm³/mol. The maximum Gasteiger partial charge on any atom is 0.333 e. The molecule has 1 aromatic carbocycles. The number of amides is 2. The summed E-state index contributed by atoms with van der Waals surface area (Å²) >= 11 is 3.52. The Morgan fingerprint density at radius 1 is 1.10 bits per heavy atom. The molecule has 0 spiro atoms. The van der Waals surface area contributed by atoms with E-state index < -0.39 is 17.8 Å². The average Bonchev–Trinajstić information content (AvgIpc) is 2.99. The Morgan fingerprint density at radius 2 is 1.68 bits per heavy atom. The van der Waals surface area contributed by atoms with E-state index >= 15 is 0 Å². The van der Waals surface area contributed by atoms with Crippen LogP contribution >= 0.6 is 15.9 Å². The minimum atomic E-state index is -0.787. The van der Waals surface area contributed by atoms with Gasteiger partial charge in [0, 0.05) is 30.2 Å². The SMILES string of the molecule is Cc1c(CBr)c(C)c(C(=O)CCC(=O)ON2C(=O)CCC2=O)c(C(C)(C)C)c1[Si]O[Si]. The molecule has 0 atom stereocenters. The smallest absolute Gasteiger partial charge is 0.333 e. The van der Waals surface area contributed by atoms with Crippen molar-refractivity contribution in [3.8, 4) is 0 Å². The molecule has 0 saturated carbocycles. The summed E-state index contributed by atoms with van der Waals surface area (Å²) in [6.45, 7) is 10.0. The lowest BCUT2D eigenvalue weighted by Gasteiger charge is -2.30. The third-order valence-electron chi connectivity index (χ3n) is 5.23. The lowest BCUT2D eigenvalue weighted by molar-refractivity contribution is -0.197. The van der Waals surface area contributed by atoms with Gasteiger partial charge < -0.3 is 8.95 Å². The highest BCUT2D eigenvalue weighted by Crippen LogP contribution is 2.32. The third kappa shape index (κ3) is 5.60. The Bertz CT molecular complexity index is 910. The first-order valence-electron chi connectivity index (χ1n) is 9.84. The highest BCUT2D eigenvalue weighted by atomic mass is 79.9. The number of carbonyl (C=O) groups is 4. The Balaban J connectivity index is 2.36. The van der Waals surface area contributed by atoms with Gasteiger partial charge in [-0.1, -0.05) is 36.7 Å². The van der Waals surface area contributed by atoms with Gasteiger partial charge in [0.05, 0.1) is 6.42 Å². The Kier molecular flexibility index (Phi) is 8.54. The Labute approximate surface area is 196 Å². The van der Waals surface area contributed by atoms with Crippen LogP contribution in [0.3, 0.4) is 0 Å². The number of nitrogens with zero attached hydrogens (tertiary/aromatic N) is 1. The summed E-state index contributed by atoms with van der Waals surface area (Å²) in [5, 5.41) is 2.04. The summed E-state index contributed by atoms with van der Waals surface area (Å²) < 4.78 is 5.27. The minimum absolute atomic E-state index is 0.00552. The number of benzene rings is 1. The highest BCUT2D eigenvalue weighted by molar-refractivity contribution is 9.08. The molecule has 1 heterocycles. The van der Waals surface area contributed by atoms with Crippen molar-refractivity contribution in [3.63, 3.8) is 0 Å². The van der Waals surface area contributed by atoms with Crippen LogP contribution in [-0.2, 0) is 34.1 Å². The zero-order chi connectivity index (χ0) is 23.5. The second kappa shape index (κ2) is 10.3. The molecule has 1 fully saturated rings. The average molecular weight is 524 g/mol. The molecule has 5 radical (unpaired) electrons. The Morgan fingerprint density at radius 3 is 2.16 bits per heavy atom. The second-order valence-corrected chi connectivity index (χ2v) is 10.5. The van der Waals surface area contributed by atoms with E-state index in [-0.39, 0.29) is 46.6 Å². The number of ketones is 1. The summed E-state index contributed by atoms with van der Waals surface area (Å²) in [7, 11) is 3.10. The first-order chi connectivity index (χ1) is 14.4. The quantitative estimate of drug-likeness (QED) is 0.225. The van der Waals surface area contributed by atoms with Crippen LogP contribution in [0.15, 0.2) is 0 Å². The zero-order valence-electron chi connectivity index (χ0n) is 18.3. The number of halogens is 1. The first kappa shape index (κ1) is 25.6. The molecule has 10 heteroatoms. The van der Waals surface area contributed by atoms with Crippen molar-refractivity contribution in [1.82, 2.24) is 5.06 Å². The summed E-state index contributed by atoms with van der Waals surface area (Å²) in [6, 6.07) is 0. The number of Topliss-reactive ketones (excluding diaryl/α,β-unsaturated/α-hetero) is 1. The highest BCUT2D eigenvalue weighted by Gasteiger charge is 2.34. The fourth-order valence-electron chi connectivity index (χ4n) is 3.71. The number of imide groups is 1. The van der Waals surface area contributed by atoms with Gasteiger partial charge in [-0.15, -0.1) is 5.06 Å². The fourth-order valence-corrected chi connectivity index (χ4v) is 5.86. The van der Waals surface area contributed by atoms with Crippen molar-refractivity contribution in [2.75, 3.05) is 0 Å². The lowest BCUT2D eigenvalue weighted by atomic mass is 9.78. The maximum absolute atomic E-state index is 13.3. The van der Waals surface area contributed by atoms with Gasteiger partial charge in [-0.3, -0.25) is 14.4 Å². The summed E-state index contributed by atoms with van der Waals surface area (Å²) in [4.78, 5) is 53.6. The molecule has 7 nitrogen and oxygen atoms in total. The van der Waals surface area contributed by atoms with E-state index in [1.807, 2.05) is 34.6 Å². The van der Waals surface area contributed by atoms with E-state index in [2.05, 4.69) is 26.4 Å². The molecular formula is C21H25BrNO6Si2. The minimum Gasteiger partial charge on any atom is -0.454 e. The van der Waals surface area contributed by atoms with E-state index in [1.54, 1.807) is 0 Å². The normalized spacial score (nSPS) is 14.4. The molecule has 31 heavy (non-hydrogen) atoms. The van der Waals surface area contributed by atoms with Crippen LogP contribution in [0.4, 0.5) is 0 Å². The molecule has 1 aliphatic heterocycles. The van der Waals surface area contributed by atoms with Crippen LogP contribution in [0.5, 0.6) is 0 Å². The number of hydrogen-bond donors (Lipinski definition) is 0. The van der Waals surface area contributed by atoms with Gasteiger partial charge in [0.25, 0.3) is 21.6 Å². The van der Waals surface area contributed by atoms with Gasteiger partial charge in [-0.05, 0) is 46.7 Å². The molecular weight excluding hydrogens is 498 g/mol. The van der Waals surface area contributed by atoms with Crippen LogP contribution in [0.25, 0.3) is 0 Å². The van der Waals surface area contributed by atoms with Crippen molar-refractivity contribution < 1.29 is 28.1 Å². The first-order valence-corrected chi connectivity index (χ1v) is 12.3. The van der Waals surface area contributed by atoms with Crippen LogP contribution in [-0.4, -0.2) is 48.9 Å². The molecule has 1 aromatic rings. The molecule has 2 rings (SSSR count). The number of rotatable bonds is 8. The van der Waals surface area contributed by atoms with Gasteiger partial charge in [0.2, 0.25) is 10.5 Å². The van der Waals surface area contributed by atoms with Crippen molar-refractivity contribution in [2.24, 2.45) is 0 Å². The summed E-state index contributed by atoms with van der Waals surface area (Å²) in [6.07, 6.45) is -0.280. The van der Waals surface area contributed by atoms with Crippen molar-refractivity contribution >= 4 is 64.9 Å². The van der Waals surface area contributed by atoms with E-state index in [0.717, 1.165) is 27.4 Å². The largest absolute Gasteiger partial charge is 0.454 e. The van der Waals surface area contributed by atoms with Gasteiger partial charge >= 0.3 is 5.97 Å². The van der Waals surface area contributed by atoms with E-state index in [0.29, 0.717) is 16.0 Å².